The lowest BCUT2D eigenvalue weighted by Crippen LogP contribution is -2.60. The van der Waals surface area contributed by atoms with Crippen molar-refractivity contribution in [2.45, 2.75) is 57.0 Å². The van der Waals surface area contributed by atoms with Gasteiger partial charge < -0.3 is 29.9 Å². The molecular weight excluding hydrogens is 334 g/mol. The average molecular weight is 361 g/mol. The van der Waals surface area contributed by atoms with Gasteiger partial charge in [-0.3, -0.25) is 4.99 Å². The summed E-state index contributed by atoms with van der Waals surface area (Å²) in [5.41, 5.74) is -0.365. The van der Waals surface area contributed by atoms with Crippen molar-refractivity contribution >= 4 is 23.0 Å². The van der Waals surface area contributed by atoms with E-state index in [1.807, 2.05) is 20.8 Å². The molecule has 5 atom stereocenters. The third kappa shape index (κ3) is 4.33. The summed E-state index contributed by atoms with van der Waals surface area (Å²) in [6, 6.07) is -0.421. The summed E-state index contributed by atoms with van der Waals surface area (Å²) >= 11 is 1.39. The highest BCUT2D eigenvalue weighted by Gasteiger charge is 2.49. The second-order valence-corrected chi connectivity index (χ2v) is 6.84. The summed E-state index contributed by atoms with van der Waals surface area (Å²) < 4.78 is 11.0. The molecule has 0 bridgehead atoms. The summed E-state index contributed by atoms with van der Waals surface area (Å²) in [6.07, 6.45) is -2.43. The number of aliphatic imine (C=N–C) groups is 1. The summed E-state index contributed by atoms with van der Waals surface area (Å²) in [5, 5.41) is 24.4. The quantitative estimate of drug-likeness (QED) is 0.628. The van der Waals surface area contributed by atoms with Crippen molar-refractivity contribution in [3.05, 3.63) is 0 Å². The molecule has 9 heteroatoms. The number of hydrogen-bond acceptors (Lipinski definition) is 7. The lowest BCUT2D eigenvalue weighted by atomic mass is 9.98. The predicted molar refractivity (Wildman–Crippen MR) is 92.1 cm³/mol. The van der Waals surface area contributed by atoms with Gasteiger partial charge in [0.1, 0.15) is 30.4 Å². The van der Waals surface area contributed by atoms with E-state index >= 15 is 0 Å². The molecule has 0 aromatic heterocycles. The molecular formula is C15H27N3O5S. The zero-order valence-electron chi connectivity index (χ0n) is 14.3. The number of carbonyl (C=O) groups excluding carboxylic acids is 1. The van der Waals surface area contributed by atoms with Crippen molar-refractivity contribution in [3.63, 3.8) is 0 Å². The highest BCUT2D eigenvalue weighted by atomic mass is 32.2. The fraction of sp³-hybridized carbons (Fsp3) is 0.867. The number of aliphatic hydroxyl groups excluding tert-OH is 2. The van der Waals surface area contributed by atoms with Gasteiger partial charge in [0.25, 0.3) is 0 Å². The molecule has 3 N–H and O–H groups in total. The highest BCUT2D eigenvalue weighted by molar-refractivity contribution is 8.14. The topological polar surface area (TPSA) is 104 Å². The maximum Gasteiger partial charge on any atom is 0.409 e. The van der Waals surface area contributed by atoms with Gasteiger partial charge in [0.05, 0.1) is 6.04 Å². The number of nitrogens with zero attached hydrogens (tertiary/aromatic N) is 2. The molecule has 138 valence electrons. The Bertz CT molecular complexity index is 460. The van der Waals surface area contributed by atoms with Crippen LogP contribution in [0.5, 0.6) is 0 Å². The Hall–Kier alpha value is -1.03. The molecule has 24 heavy (non-hydrogen) atoms. The lowest BCUT2D eigenvalue weighted by Gasteiger charge is -2.38. The van der Waals surface area contributed by atoms with Gasteiger partial charge >= 0.3 is 6.09 Å². The first-order valence-corrected chi connectivity index (χ1v) is 9.30. The Balaban J connectivity index is 1.93. The number of carbonyl (C=O) groups is 1. The predicted octanol–water partition coefficient (Wildman–Crippen LogP) is 0.383. The standard InChI is InChI=1S/C15H27N3O5S/c1-4-7-16-14-17-10-12(20)11(19)9(23-13(10)24-14)8-22-15(21)18(5-2)6-3/h9-13,19-20H,4-8H2,1-3H3,(H,16,17). The van der Waals surface area contributed by atoms with E-state index in [1.165, 1.54) is 16.7 Å². The Morgan fingerprint density at radius 3 is 2.67 bits per heavy atom. The second-order valence-electron chi connectivity index (χ2n) is 5.75. The minimum atomic E-state index is -1.13. The maximum absolute atomic E-state index is 11.9. The third-order valence-electron chi connectivity index (χ3n) is 4.09. The van der Waals surface area contributed by atoms with E-state index < -0.39 is 30.4 Å². The van der Waals surface area contributed by atoms with Crippen molar-refractivity contribution in [1.82, 2.24) is 10.2 Å². The number of thioether (sulfide) groups is 1. The SMILES string of the molecule is CCCN=C1NC2C(OC(COC(=O)N(CC)CC)C(O)C2O)S1. The fourth-order valence-corrected chi connectivity index (χ4v) is 3.80. The third-order valence-corrected chi connectivity index (χ3v) is 5.20. The highest BCUT2D eigenvalue weighted by Crippen LogP contribution is 2.34. The van der Waals surface area contributed by atoms with Crippen LogP contribution in [0, 0.1) is 0 Å². The molecule has 2 aliphatic heterocycles. The number of aliphatic hydroxyl groups is 2. The number of nitrogens with one attached hydrogen (secondary N) is 1. The zero-order chi connectivity index (χ0) is 17.7. The van der Waals surface area contributed by atoms with E-state index in [4.69, 9.17) is 9.47 Å². The minimum Gasteiger partial charge on any atom is -0.447 e. The van der Waals surface area contributed by atoms with Gasteiger partial charge in [-0.15, -0.1) is 0 Å². The maximum atomic E-state index is 11.9. The van der Waals surface area contributed by atoms with E-state index in [0.29, 0.717) is 24.8 Å². The number of fused-ring (bicyclic) bond motifs is 1. The lowest BCUT2D eigenvalue weighted by molar-refractivity contribution is -0.168. The molecule has 2 heterocycles. The van der Waals surface area contributed by atoms with E-state index in [9.17, 15) is 15.0 Å². The second kappa shape index (κ2) is 8.89. The van der Waals surface area contributed by atoms with Crippen LogP contribution in [0.15, 0.2) is 4.99 Å². The van der Waals surface area contributed by atoms with Gasteiger partial charge in [-0.05, 0) is 20.3 Å². The summed E-state index contributed by atoms with van der Waals surface area (Å²) in [5.74, 6) is 0. The van der Waals surface area contributed by atoms with Gasteiger partial charge in [-0.25, -0.2) is 4.79 Å². The zero-order valence-corrected chi connectivity index (χ0v) is 15.2. The van der Waals surface area contributed by atoms with Crippen molar-refractivity contribution in [1.29, 1.82) is 0 Å². The first kappa shape index (κ1) is 19.3. The molecule has 2 aliphatic rings. The molecule has 1 amide bonds. The van der Waals surface area contributed by atoms with Crippen molar-refractivity contribution in [2.75, 3.05) is 26.2 Å². The van der Waals surface area contributed by atoms with Crippen molar-refractivity contribution in [2.24, 2.45) is 4.99 Å². The Labute approximate surface area is 146 Å². The van der Waals surface area contributed by atoms with Crippen LogP contribution in [-0.4, -0.2) is 82.4 Å². The van der Waals surface area contributed by atoms with E-state index in [-0.39, 0.29) is 12.0 Å². The number of ether oxygens (including phenoxy) is 2. The van der Waals surface area contributed by atoms with Gasteiger partial charge in [-0.1, -0.05) is 18.7 Å². The molecule has 0 saturated carbocycles. The van der Waals surface area contributed by atoms with Crippen LogP contribution in [0.1, 0.15) is 27.2 Å². The largest absolute Gasteiger partial charge is 0.447 e. The van der Waals surface area contributed by atoms with Gasteiger partial charge in [-0.2, -0.15) is 0 Å². The summed E-state index contributed by atoms with van der Waals surface area (Å²) in [6.45, 7) is 7.46. The van der Waals surface area contributed by atoms with Crippen LogP contribution >= 0.6 is 11.8 Å². The van der Waals surface area contributed by atoms with Crippen LogP contribution < -0.4 is 5.32 Å². The molecule has 0 aromatic carbocycles. The number of amidine groups is 1. The molecule has 2 rings (SSSR count). The Kier molecular flexibility index (Phi) is 7.15. The van der Waals surface area contributed by atoms with Crippen LogP contribution in [0.2, 0.25) is 0 Å². The van der Waals surface area contributed by atoms with Crippen LogP contribution in [0.4, 0.5) is 4.79 Å². The van der Waals surface area contributed by atoms with Crippen molar-refractivity contribution in [3.8, 4) is 0 Å². The molecule has 8 nitrogen and oxygen atoms in total. The monoisotopic (exact) mass is 361 g/mol. The van der Waals surface area contributed by atoms with Crippen LogP contribution in [-0.2, 0) is 9.47 Å². The van der Waals surface area contributed by atoms with E-state index in [2.05, 4.69) is 10.3 Å². The van der Waals surface area contributed by atoms with E-state index in [1.54, 1.807) is 0 Å². The van der Waals surface area contributed by atoms with E-state index in [0.717, 1.165) is 6.42 Å². The molecule has 0 aromatic rings. The first-order chi connectivity index (χ1) is 11.5. The van der Waals surface area contributed by atoms with Gasteiger partial charge in [0, 0.05) is 19.6 Å². The smallest absolute Gasteiger partial charge is 0.409 e. The number of hydrogen-bond donors (Lipinski definition) is 3. The molecule has 5 unspecified atom stereocenters. The van der Waals surface area contributed by atoms with Gasteiger partial charge in [0.15, 0.2) is 5.17 Å². The number of amides is 1. The molecule has 2 saturated heterocycles. The van der Waals surface area contributed by atoms with Crippen molar-refractivity contribution < 1.29 is 24.5 Å². The molecule has 2 fully saturated rings. The van der Waals surface area contributed by atoms with Gasteiger partial charge in [0.2, 0.25) is 0 Å². The first-order valence-electron chi connectivity index (χ1n) is 8.42. The average Bonchev–Trinajstić information content (AvgIpc) is 2.99. The fourth-order valence-electron chi connectivity index (χ4n) is 2.63. The van der Waals surface area contributed by atoms with Crippen LogP contribution in [0.3, 0.4) is 0 Å². The molecule has 0 aliphatic carbocycles. The molecule has 0 spiro atoms. The van der Waals surface area contributed by atoms with Crippen LogP contribution in [0.25, 0.3) is 0 Å². The Morgan fingerprint density at radius 2 is 2.04 bits per heavy atom. The number of rotatable bonds is 6. The minimum absolute atomic E-state index is 0.0984. The summed E-state index contributed by atoms with van der Waals surface area (Å²) in [7, 11) is 0. The summed E-state index contributed by atoms with van der Waals surface area (Å²) in [4.78, 5) is 17.8. The molecule has 0 radical (unpaired) electrons. The normalized spacial score (nSPS) is 33.9. The Morgan fingerprint density at radius 1 is 1.33 bits per heavy atom.